The van der Waals surface area contributed by atoms with Crippen LogP contribution in [-0.4, -0.2) is 31.3 Å². The van der Waals surface area contributed by atoms with Gasteiger partial charge in [-0.1, -0.05) is 0 Å². The number of anilines is 1. The van der Waals surface area contributed by atoms with E-state index in [1.807, 2.05) is 6.92 Å². The zero-order chi connectivity index (χ0) is 10.4. The van der Waals surface area contributed by atoms with Crippen molar-refractivity contribution in [3.63, 3.8) is 0 Å². The molecule has 1 aromatic rings. The first kappa shape index (κ1) is 10.9. The molecule has 0 atom stereocenters. The van der Waals surface area contributed by atoms with Gasteiger partial charge in [-0.3, -0.25) is 5.32 Å². The summed E-state index contributed by atoms with van der Waals surface area (Å²) in [6.07, 6.45) is 1.72. The highest BCUT2D eigenvalue weighted by Gasteiger charge is 2.03. The molecular formula is C8H13N3O2S. The van der Waals surface area contributed by atoms with Crippen molar-refractivity contribution in [1.82, 2.24) is 10.3 Å². The Morgan fingerprint density at radius 3 is 3.07 bits per heavy atom. The molecule has 0 spiro atoms. The quantitative estimate of drug-likeness (QED) is 0.742. The summed E-state index contributed by atoms with van der Waals surface area (Å²) < 4.78 is 4.79. The van der Waals surface area contributed by atoms with Crippen molar-refractivity contribution in [3.8, 4) is 0 Å². The van der Waals surface area contributed by atoms with E-state index in [-0.39, 0.29) is 6.03 Å². The summed E-state index contributed by atoms with van der Waals surface area (Å²) in [4.78, 5) is 16.3. The zero-order valence-corrected chi connectivity index (χ0v) is 8.98. The average molecular weight is 215 g/mol. The molecule has 78 valence electrons. The minimum atomic E-state index is -0.253. The van der Waals surface area contributed by atoms with Crippen LogP contribution in [0.15, 0.2) is 6.20 Å². The fraction of sp³-hybridized carbons (Fsp3) is 0.500. The zero-order valence-electron chi connectivity index (χ0n) is 8.16. The summed E-state index contributed by atoms with van der Waals surface area (Å²) >= 11 is 1.44. The highest BCUT2D eigenvalue weighted by Crippen LogP contribution is 2.15. The number of thiazole rings is 1. The molecule has 0 aliphatic rings. The number of amides is 2. The smallest absolute Gasteiger partial charge is 0.321 e. The van der Waals surface area contributed by atoms with Crippen molar-refractivity contribution < 1.29 is 9.53 Å². The molecule has 1 aromatic heterocycles. The maximum Gasteiger partial charge on any atom is 0.321 e. The Morgan fingerprint density at radius 2 is 2.50 bits per heavy atom. The number of aromatic nitrogens is 1. The molecule has 0 aromatic carbocycles. The molecule has 6 heteroatoms. The molecule has 14 heavy (non-hydrogen) atoms. The Morgan fingerprint density at radius 1 is 1.71 bits per heavy atom. The van der Waals surface area contributed by atoms with Crippen LogP contribution in [0.5, 0.6) is 0 Å². The second kappa shape index (κ2) is 5.56. The van der Waals surface area contributed by atoms with E-state index < -0.39 is 0 Å². The van der Waals surface area contributed by atoms with Crippen molar-refractivity contribution in [3.05, 3.63) is 11.1 Å². The van der Waals surface area contributed by atoms with Crippen LogP contribution in [0.4, 0.5) is 9.93 Å². The number of carbonyl (C=O) groups excluding carboxylic acids is 1. The fourth-order valence-corrected chi connectivity index (χ4v) is 1.48. The lowest BCUT2D eigenvalue weighted by molar-refractivity contribution is 0.198. The summed E-state index contributed by atoms with van der Waals surface area (Å²) in [6.45, 7) is 2.93. The molecule has 0 radical (unpaired) electrons. The first-order valence-electron chi connectivity index (χ1n) is 4.18. The number of hydrogen-bond acceptors (Lipinski definition) is 4. The van der Waals surface area contributed by atoms with Crippen LogP contribution < -0.4 is 10.6 Å². The van der Waals surface area contributed by atoms with Gasteiger partial charge < -0.3 is 10.1 Å². The second-order valence-corrected chi connectivity index (χ2v) is 3.88. The number of nitrogens with one attached hydrogen (secondary N) is 2. The Balaban J connectivity index is 2.27. The van der Waals surface area contributed by atoms with Crippen molar-refractivity contribution in [2.75, 3.05) is 25.6 Å². The van der Waals surface area contributed by atoms with Gasteiger partial charge in [0.2, 0.25) is 0 Å². The van der Waals surface area contributed by atoms with Crippen molar-refractivity contribution in [2.45, 2.75) is 6.92 Å². The highest BCUT2D eigenvalue weighted by molar-refractivity contribution is 7.15. The van der Waals surface area contributed by atoms with E-state index in [4.69, 9.17) is 4.74 Å². The van der Waals surface area contributed by atoms with Crippen molar-refractivity contribution in [1.29, 1.82) is 0 Å². The Labute approximate surface area is 86.5 Å². The predicted octanol–water partition coefficient (Wildman–Crippen LogP) is 1.22. The van der Waals surface area contributed by atoms with Crippen LogP contribution >= 0.6 is 11.3 Å². The number of urea groups is 1. The number of hydrogen-bond donors (Lipinski definition) is 2. The number of nitrogens with zero attached hydrogens (tertiary/aromatic N) is 1. The van der Waals surface area contributed by atoms with Gasteiger partial charge in [0.1, 0.15) is 0 Å². The SMILES string of the molecule is COCCNC(=O)Nc1ncc(C)s1. The average Bonchev–Trinajstić information content (AvgIpc) is 2.52. The number of carbonyl (C=O) groups is 1. The molecular weight excluding hydrogens is 202 g/mol. The number of ether oxygens (including phenoxy) is 1. The van der Waals surface area contributed by atoms with E-state index in [1.165, 1.54) is 11.3 Å². The van der Waals surface area contributed by atoms with Gasteiger partial charge in [0.15, 0.2) is 5.13 Å². The summed E-state index contributed by atoms with van der Waals surface area (Å²) in [6, 6.07) is -0.253. The maximum atomic E-state index is 11.2. The fourth-order valence-electron chi connectivity index (χ4n) is 0.820. The van der Waals surface area contributed by atoms with E-state index in [0.29, 0.717) is 18.3 Å². The Kier molecular flexibility index (Phi) is 4.34. The normalized spacial score (nSPS) is 9.86. The minimum absolute atomic E-state index is 0.253. The van der Waals surface area contributed by atoms with E-state index in [1.54, 1.807) is 13.3 Å². The molecule has 1 heterocycles. The van der Waals surface area contributed by atoms with Gasteiger partial charge in [-0.25, -0.2) is 9.78 Å². The lowest BCUT2D eigenvalue weighted by Gasteiger charge is -2.03. The standard InChI is InChI=1S/C8H13N3O2S/c1-6-5-10-8(14-6)11-7(12)9-3-4-13-2/h5H,3-4H2,1-2H3,(H2,9,10,11,12). The number of rotatable bonds is 4. The van der Waals surface area contributed by atoms with Crippen LogP contribution in [0.3, 0.4) is 0 Å². The second-order valence-electron chi connectivity index (χ2n) is 2.65. The van der Waals surface area contributed by atoms with Gasteiger partial charge in [0, 0.05) is 24.7 Å². The van der Waals surface area contributed by atoms with Gasteiger partial charge in [-0.05, 0) is 6.92 Å². The van der Waals surface area contributed by atoms with Crippen molar-refractivity contribution in [2.24, 2.45) is 0 Å². The molecule has 0 bridgehead atoms. The summed E-state index contributed by atoms with van der Waals surface area (Å²) in [5.41, 5.74) is 0. The molecule has 0 aliphatic heterocycles. The third-order valence-electron chi connectivity index (χ3n) is 1.43. The Hall–Kier alpha value is -1.14. The van der Waals surface area contributed by atoms with Gasteiger partial charge >= 0.3 is 6.03 Å². The van der Waals surface area contributed by atoms with Crippen LogP contribution in [0, 0.1) is 6.92 Å². The first-order valence-corrected chi connectivity index (χ1v) is 5.00. The summed E-state index contributed by atoms with van der Waals surface area (Å²) in [5, 5.41) is 5.87. The lowest BCUT2D eigenvalue weighted by Crippen LogP contribution is -2.31. The topological polar surface area (TPSA) is 63.2 Å². The lowest BCUT2D eigenvalue weighted by atomic mass is 10.6. The molecule has 0 saturated heterocycles. The third kappa shape index (κ3) is 3.71. The van der Waals surface area contributed by atoms with Crippen LogP contribution in [0.25, 0.3) is 0 Å². The van der Waals surface area contributed by atoms with E-state index >= 15 is 0 Å². The van der Waals surface area contributed by atoms with Crippen molar-refractivity contribution >= 4 is 22.5 Å². The van der Waals surface area contributed by atoms with E-state index in [2.05, 4.69) is 15.6 Å². The third-order valence-corrected chi connectivity index (χ3v) is 2.26. The predicted molar refractivity (Wildman–Crippen MR) is 55.7 cm³/mol. The molecule has 0 unspecified atom stereocenters. The van der Waals surface area contributed by atoms with Crippen LogP contribution in [-0.2, 0) is 4.74 Å². The maximum absolute atomic E-state index is 11.2. The largest absolute Gasteiger partial charge is 0.383 e. The number of aryl methyl sites for hydroxylation is 1. The molecule has 0 aliphatic carbocycles. The molecule has 2 amide bonds. The van der Waals surface area contributed by atoms with E-state index in [0.717, 1.165) is 4.88 Å². The highest BCUT2D eigenvalue weighted by atomic mass is 32.1. The Bertz CT molecular complexity index is 301. The first-order chi connectivity index (χ1) is 6.72. The van der Waals surface area contributed by atoms with Gasteiger partial charge in [0.25, 0.3) is 0 Å². The summed E-state index contributed by atoms with van der Waals surface area (Å²) in [5.74, 6) is 0. The summed E-state index contributed by atoms with van der Waals surface area (Å²) in [7, 11) is 1.59. The van der Waals surface area contributed by atoms with Gasteiger partial charge in [0.05, 0.1) is 6.61 Å². The van der Waals surface area contributed by atoms with Crippen LogP contribution in [0.2, 0.25) is 0 Å². The molecule has 1 rings (SSSR count). The molecule has 0 fully saturated rings. The number of methoxy groups -OCH3 is 1. The molecule has 2 N–H and O–H groups in total. The van der Waals surface area contributed by atoms with E-state index in [9.17, 15) is 4.79 Å². The van der Waals surface area contributed by atoms with Gasteiger partial charge in [-0.15, -0.1) is 11.3 Å². The van der Waals surface area contributed by atoms with Gasteiger partial charge in [-0.2, -0.15) is 0 Å². The van der Waals surface area contributed by atoms with Crippen LogP contribution in [0.1, 0.15) is 4.88 Å². The molecule has 5 nitrogen and oxygen atoms in total. The molecule has 0 saturated carbocycles. The minimum Gasteiger partial charge on any atom is -0.383 e. The monoisotopic (exact) mass is 215 g/mol.